The van der Waals surface area contributed by atoms with Crippen molar-refractivity contribution in [3.63, 3.8) is 0 Å². The van der Waals surface area contributed by atoms with E-state index in [0.717, 1.165) is 30.6 Å². The van der Waals surface area contributed by atoms with Crippen molar-refractivity contribution in [2.45, 2.75) is 51.5 Å². The molecule has 1 aliphatic rings. The van der Waals surface area contributed by atoms with Gasteiger partial charge in [0, 0.05) is 4.88 Å². The van der Waals surface area contributed by atoms with Gasteiger partial charge in [0.1, 0.15) is 5.41 Å². The molecular formula is C15H23N3O2S. The minimum atomic E-state index is -0.850. The zero-order chi connectivity index (χ0) is 15.3. The Balaban J connectivity index is 2.18. The number of thiophene rings is 1. The van der Waals surface area contributed by atoms with Gasteiger partial charge >= 0.3 is 0 Å². The summed E-state index contributed by atoms with van der Waals surface area (Å²) in [5, 5.41) is 17.3. The SMILES string of the molecule is CCC(NC(=O)C1(C(N)=NO)CCCCC1)c1cccs1. The smallest absolute Gasteiger partial charge is 0.234 e. The lowest BCUT2D eigenvalue weighted by Gasteiger charge is -2.35. The van der Waals surface area contributed by atoms with E-state index >= 15 is 0 Å². The third kappa shape index (κ3) is 3.20. The van der Waals surface area contributed by atoms with E-state index in [1.165, 1.54) is 0 Å². The van der Waals surface area contributed by atoms with Crippen LogP contribution in [0.3, 0.4) is 0 Å². The first-order valence-corrected chi connectivity index (χ1v) is 8.34. The van der Waals surface area contributed by atoms with Gasteiger partial charge in [0.25, 0.3) is 0 Å². The van der Waals surface area contributed by atoms with Crippen LogP contribution in [0.5, 0.6) is 0 Å². The number of amides is 1. The van der Waals surface area contributed by atoms with E-state index in [1.54, 1.807) is 11.3 Å². The number of rotatable bonds is 5. The molecule has 1 atom stereocenters. The van der Waals surface area contributed by atoms with Gasteiger partial charge in [-0.05, 0) is 30.7 Å². The Kier molecular flexibility index (Phi) is 5.22. The number of nitrogens with zero attached hydrogens (tertiary/aromatic N) is 1. The van der Waals surface area contributed by atoms with Gasteiger partial charge < -0.3 is 16.3 Å². The van der Waals surface area contributed by atoms with Crippen LogP contribution in [0.25, 0.3) is 0 Å². The van der Waals surface area contributed by atoms with E-state index in [2.05, 4.69) is 10.5 Å². The Morgan fingerprint density at radius 3 is 2.76 bits per heavy atom. The predicted octanol–water partition coefficient (Wildman–Crippen LogP) is 3.01. The topological polar surface area (TPSA) is 87.7 Å². The molecule has 1 heterocycles. The highest BCUT2D eigenvalue weighted by atomic mass is 32.1. The molecule has 1 aromatic heterocycles. The Labute approximate surface area is 129 Å². The molecule has 0 saturated heterocycles. The first kappa shape index (κ1) is 15.8. The van der Waals surface area contributed by atoms with E-state index in [1.807, 2.05) is 24.4 Å². The van der Waals surface area contributed by atoms with E-state index < -0.39 is 5.41 Å². The molecule has 2 rings (SSSR count). The normalized spacial score (nSPS) is 20.0. The first-order chi connectivity index (χ1) is 10.1. The van der Waals surface area contributed by atoms with Crippen LogP contribution in [0, 0.1) is 5.41 Å². The van der Waals surface area contributed by atoms with Crippen molar-refractivity contribution >= 4 is 23.1 Å². The van der Waals surface area contributed by atoms with Crippen molar-refractivity contribution < 1.29 is 10.0 Å². The van der Waals surface area contributed by atoms with Crippen LogP contribution in [-0.4, -0.2) is 17.0 Å². The van der Waals surface area contributed by atoms with Crippen LogP contribution in [0.2, 0.25) is 0 Å². The summed E-state index contributed by atoms with van der Waals surface area (Å²) in [5.41, 5.74) is 5.01. The maximum absolute atomic E-state index is 12.8. The number of hydrogen-bond acceptors (Lipinski definition) is 4. The van der Waals surface area contributed by atoms with Crippen molar-refractivity contribution in [2.24, 2.45) is 16.3 Å². The molecule has 0 aromatic carbocycles. The van der Waals surface area contributed by atoms with E-state index in [0.29, 0.717) is 12.8 Å². The molecule has 1 fully saturated rings. The zero-order valence-corrected chi connectivity index (χ0v) is 13.2. The maximum atomic E-state index is 12.8. The molecule has 1 aliphatic carbocycles. The Hall–Kier alpha value is -1.56. The lowest BCUT2D eigenvalue weighted by Crippen LogP contribution is -2.51. The summed E-state index contributed by atoms with van der Waals surface area (Å²) in [7, 11) is 0. The molecular weight excluding hydrogens is 286 g/mol. The van der Waals surface area contributed by atoms with Gasteiger partial charge in [0.05, 0.1) is 6.04 Å². The molecule has 0 radical (unpaired) electrons. The number of carbonyl (C=O) groups excluding carboxylic acids is 1. The minimum Gasteiger partial charge on any atom is -0.409 e. The van der Waals surface area contributed by atoms with Gasteiger partial charge in [-0.1, -0.05) is 37.4 Å². The van der Waals surface area contributed by atoms with E-state index in [9.17, 15) is 4.79 Å². The summed E-state index contributed by atoms with van der Waals surface area (Å²) in [6.07, 6.45) is 5.07. The van der Waals surface area contributed by atoms with Gasteiger partial charge in [-0.2, -0.15) is 0 Å². The molecule has 1 unspecified atom stereocenters. The third-order valence-corrected chi connectivity index (χ3v) is 5.33. The van der Waals surface area contributed by atoms with Gasteiger partial charge in [0.2, 0.25) is 5.91 Å². The molecule has 21 heavy (non-hydrogen) atoms. The molecule has 116 valence electrons. The van der Waals surface area contributed by atoms with Crippen LogP contribution in [0.4, 0.5) is 0 Å². The second kappa shape index (κ2) is 6.93. The number of oxime groups is 1. The fraction of sp³-hybridized carbons (Fsp3) is 0.600. The highest BCUT2D eigenvalue weighted by Crippen LogP contribution is 2.37. The van der Waals surface area contributed by atoms with Crippen molar-refractivity contribution in [1.29, 1.82) is 0 Å². The number of amidine groups is 1. The monoisotopic (exact) mass is 309 g/mol. The molecule has 1 aromatic rings. The number of nitrogens with one attached hydrogen (secondary N) is 1. The van der Waals surface area contributed by atoms with E-state index in [4.69, 9.17) is 10.9 Å². The quantitative estimate of drug-likeness (QED) is 0.338. The van der Waals surface area contributed by atoms with Crippen LogP contribution >= 0.6 is 11.3 Å². The second-order valence-electron chi connectivity index (χ2n) is 5.58. The van der Waals surface area contributed by atoms with Gasteiger partial charge in [-0.25, -0.2) is 0 Å². The fourth-order valence-corrected chi connectivity index (χ4v) is 3.87. The standard InChI is InChI=1S/C15H23N3O2S/c1-2-11(12-7-6-10-21-12)17-14(19)15(13(16)18-20)8-4-3-5-9-15/h6-7,10-11,20H,2-5,8-9H2,1H3,(H2,16,18)(H,17,19). The molecule has 1 saturated carbocycles. The number of carbonyl (C=O) groups is 1. The van der Waals surface area contributed by atoms with Crippen LogP contribution < -0.4 is 11.1 Å². The van der Waals surface area contributed by atoms with Crippen LogP contribution in [-0.2, 0) is 4.79 Å². The molecule has 0 spiro atoms. The Morgan fingerprint density at radius 1 is 1.52 bits per heavy atom. The summed E-state index contributed by atoms with van der Waals surface area (Å²) < 4.78 is 0. The van der Waals surface area contributed by atoms with Gasteiger partial charge in [0.15, 0.2) is 5.84 Å². The maximum Gasteiger partial charge on any atom is 0.234 e. The lowest BCUT2D eigenvalue weighted by atomic mass is 9.72. The molecule has 0 bridgehead atoms. The van der Waals surface area contributed by atoms with Crippen molar-refractivity contribution in [3.8, 4) is 0 Å². The van der Waals surface area contributed by atoms with Gasteiger partial charge in [-0.3, -0.25) is 4.79 Å². The molecule has 5 nitrogen and oxygen atoms in total. The number of hydrogen-bond donors (Lipinski definition) is 3. The van der Waals surface area contributed by atoms with Crippen molar-refractivity contribution in [2.75, 3.05) is 0 Å². The van der Waals surface area contributed by atoms with Crippen LogP contribution in [0.1, 0.15) is 56.4 Å². The summed E-state index contributed by atoms with van der Waals surface area (Å²) >= 11 is 1.63. The van der Waals surface area contributed by atoms with Crippen molar-refractivity contribution in [1.82, 2.24) is 5.32 Å². The second-order valence-corrected chi connectivity index (χ2v) is 6.56. The molecule has 4 N–H and O–H groups in total. The molecule has 1 amide bonds. The molecule has 6 heteroatoms. The third-order valence-electron chi connectivity index (χ3n) is 4.34. The minimum absolute atomic E-state index is 0.0113. The average molecular weight is 309 g/mol. The summed E-state index contributed by atoms with van der Waals surface area (Å²) in [4.78, 5) is 13.9. The lowest BCUT2D eigenvalue weighted by molar-refractivity contribution is -0.129. The molecule has 0 aliphatic heterocycles. The summed E-state index contributed by atoms with van der Waals surface area (Å²) in [6, 6.07) is 3.99. The average Bonchev–Trinajstić information content (AvgIpc) is 3.06. The Bertz CT molecular complexity index is 493. The Morgan fingerprint density at radius 2 is 2.24 bits per heavy atom. The highest BCUT2D eigenvalue weighted by molar-refractivity contribution is 7.10. The first-order valence-electron chi connectivity index (χ1n) is 7.46. The predicted molar refractivity (Wildman–Crippen MR) is 84.4 cm³/mol. The van der Waals surface area contributed by atoms with Gasteiger partial charge in [-0.15, -0.1) is 11.3 Å². The number of nitrogens with two attached hydrogens (primary N) is 1. The highest BCUT2D eigenvalue weighted by Gasteiger charge is 2.44. The zero-order valence-electron chi connectivity index (χ0n) is 12.3. The summed E-state index contributed by atoms with van der Waals surface area (Å²) in [6.45, 7) is 2.04. The van der Waals surface area contributed by atoms with E-state index in [-0.39, 0.29) is 17.8 Å². The fourth-order valence-electron chi connectivity index (χ4n) is 3.01. The summed E-state index contributed by atoms with van der Waals surface area (Å²) in [5.74, 6) is -0.0708. The largest absolute Gasteiger partial charge is 0.409 e. The van der Waals surface area contributed by atoms with Crippen LogP contribution in [0.15, 0.2) is 22.7 Å². The van der Waals surface area contributed by atoms with Crippen molar-refractivity contribution in [3.05, 3.63) is 22.4 Å².